The van der Waals surface area contributed by atoms with Crippen molar-refractivity contribution in [1.29, 1.82) is 0 Å². The quantitative estimate of drug-likeness (QED) is 0.783. The van der Waals surface area contributed by atoms with Crippen LogP contribution in [0, 0.1) is 0 Å². The Morgan fingerprint density at radius 2 is 2.04 bits per heavy atom. The maximum atomic E-state index is 12.5. The predicted octanol–water partition coefficient (Wildman–Crippen LogP) is 2.24. The summed E-state index contributed by atoms with van der Waals surface area (Å²) >= 11 is 5.34. The van der Waals surface area contributed by atoms with Crippen LogP contribution in [0.1, 0.15) is 12.2 Å². The zero-order valence-corrected chi connectivity index (χ0v) is 15.3. The molecule has 0 saturated carbocycles. The highest BCUT2D eigenvalue weighted by Gasteiger charge is 2.41. The van der Waals surface area contributed by atoms with Crippen LogP contribution in [0.15, 0.2) is 47.1 Å². The SMILES string of the molecule is COc1ccc(NC(=O)C[C@H]2C(=O)N(C)C(=S)N2Cc2ccco2)cc1. The Morgan fingerprint density at radius 3 is 2.65 bits per heavy atom. The molecule has 1 saturated heterocycles. The standard InChI is InChI=1S/C18H19N3O4S/c1-20-17(23)15(21(18(20)26)11-14-4-3-9-25-14)10-16(22)19-12-5-7-13(24-2)8-6-12/h3-9,15H,10-11H2,1-2H3,(H,19,22)/t15-/m0/s1. The molecule has 26 heavy (non-hydrogen) atoms. The molecule has 1 N–H and O–H groups in total. The molecule has 3 rings (SSSR count). The van der Waals surface area contributed by atoms with Gasteiger partial charge in [0.15, 0.2) is 5.11 Å². The molecule has 0 bridgehead atoms. The average Bonchev–Trinajstić information content (AvgIpc) is 3.22. The van der Waals surface area contributed by atoms with Gasteiger partial charge in [0.2, 0.25) is 5.91 Å². The maximum Gasteiger partial charge on any atom is 0.251 e. The molecule has 1 aliphatic rings. The second kappa shape index (κ2) is 7.57. The molecule has 0 spiro atoms. The van der Waals surface area contributed by atoms with Crippen LogP contribution >= 0.6 is 12.2 Å². The first-order valence-corrected chi connectivity index (χ1v) is 8.45. The number of hydrogen-bond donors (Lipinski definition) is 1. The predicted molar refractivity (Wildman–Crippen MR) is 99.6 cm³/mol. The fourth-order valence-corrected chi connectivity index (χ4v) is 3.07. The molecule has 2 aromatic rings. The van der Waals surface area contributed by atoms with E-state index < -0.39 is 6.04 Å². The minimum Gasteiger partial charge on any atom is -0.497 e. The van der Waals surface area contributed by atoms with Gasteiger partial charge in [-0.05, 0) is 48.6 Å². The van der Waals surface area contributed by atoms with E-state index >= 15 is 0 Å². The van der Waals surface area contributed by atoms with Gasteiger partial charge < -0.3 is 19.4 Å². The third kappa shape index (κ3) is 3.70. The molecule has 8 heteroatoms. The van der Waals surface area contributed by atoms with E-state index in [2.05, 4.69) is 5.32 Å². The molecule has 1 aromatic heterocycles. The molecule has 0 unspecified atom stereocenters. The number of nitrogens with one attached hydrogen (secondary N) is 1. The van der Waals surface area contributed by atoms with Gasteiger partial charge in [-0.1, -0.05) is 0 Å². The first kappa shape index (κ1) is 17.9. The lowest BCUT2D eigenvalue weighted by molar-refractivity contribution is -0.130. The normalized spacial score (nSPS) is 16.9. The largest absolute Gasteiger partial charge is 0.497 e. The van der Waals surface area contributed by atoms with Gasteiger partial charge in [0.1, 0.15) is 17.6 Å². The summed E-state index contributed by atoms with van der Waals surface area (Å²) in [7, 11) is 3.19. The van der Waals surface area contributed by atoms with Gasteiger partial charge in [-0.15, -0.1) is 0 Å². The summed E-state index contributed by atoms with van der Waals surface area (Å²) < 4.78 is 10.4. The lowest BCUT2D eigenvalue weighted by atomic mass is 10.1. The number of likely N-dealkylation sites (N-methyl/N-ethyl adjacent to an activating group) is 1. The average molecular weight is 373 g/mol. The molecule has 2 heterocycles. The Morgan fingerprint density at radius 1 is 1.31 bits per heavy atom. The number of nitrogens with zero attached hydrogens (tertiary/aromatic N) is 2. The third-order valence-electron chi connectivity index (χ3n) is 4.18. The summed E-state index contributed by atoms with van der Waals surface area (Å²) in [5.74, 6) is 0.907. The van der Waals surface area contributed by atoms with Gasteiger partial charge in [-0.25, -0.2) is 0 Å². The van der Waals surface area contributed by atoms with Crippen LogP contribution in [0.2, 0.25) is 0 Å². The summed E-state index contributed by atoms with van der Waals surface area (Å²) in [6.45, 7) is 0.336. The monoisotopic (exact) mass is 373 g/mol. The number of carbonyl (C=O) groups is 2. The Bertz CT molecular complexity index is 804. The molecule has 1 fully saturated rings. The fourth-order valence-electron chi connectivity index (χ4n) is 2.78. The number of benzene rings is 1. The number of hydrogen-bond acceptors (Lipinski definition) is 5. The van der Waals surface area contributed by atoms with E-state index in [4.69, 9.17) is 21.4 Å². The van der Waals surface area contributed by atoms with E-state index in [9.17, 15) is 9.59 Å². The molecule has 7 nitrogen and oxygen atoms in total. The van der Waals surface area contributed by atoms with E-state index in [1.165, 1.54) is 4.90 Å². The number of ether oxygens (including phenoxy) is 1. The zero-order valence-electron chi connectivity index (χ0n) is 14.5. The van der Waals surface area contributed by atoms with Crippen molar-refractivity contribution in [3.8, 4) is 5.75 Å². The van der Waals surface area contributed by atoms with E-state index in [0.29, 0.717) is 28.9 Å². The second-order valence-corrected chi connectivity index (χ2v) is 6.25. The Labute approximate surface area is 156 Å². The molecule has 1 aromatic carbocycles. The molecule has 1 atom stereocenters. The van der Waals surface area contributed by atoms with Crippen molar-refractivity contribution in [3.05, 3.63) is 48.4 Å². The van der Waals surface area contributed by atoms with E-state index in [0.717, 1.165) is 0 Å². The van der Waals surface area contributed by atoms with Crippen LogP contribution in [-0.2, 0) is 16.1 Å². The summed E-state index contributed by atoms with van der Waals surface area (Å²) in [5, 5.41) is 3.17. The molecule has 0 radical (unpaired) electrons. The Hall–Kier alpha value is -2.87. The smallest absolute Gasteiger partial charge is 0.251 e. The fraction of sp³-hybridized carbons (Fsp3) is 0.278. The first-order valence-electron chi connectivity index (χ1n) is 8.04. The van der Waals surface area contributed by atoms with Crippen molar-refractivity contribution in [3.63, 3.8) is 0 Å². The molecule has 1 aliphatic heterocycles. The van der Waals surface area contributed by atoms with E-state index in [1.54, 1.807) is 61.7 Å². The molecular weight excluding hydrogens is 354 g/mol. The van der Waals surface area contributed by atoms with Crippen LogP contribution in [0.5, 0.6) is 5.75 Å². The number of amides is 2. The van der Waals surface area contributed by atoms with Crippen LogP contribution < -0.4 is 10.1 Å². The van der Waals surface area contributed by atoms with Crippen molar-refractivity contribution in [2.45, 2.75) is 19.0 Å². The Balaban J connectivity index is 1.69. The van der Waals surface area contributed by atoms with Gasteiger partial charge in [0, 0.05) is 12.7 Å². The summed E-state index contributed by atoms with van der Waals surface area (Å²) in [5.41, 5.74) is 0.634. The number of anilines is 1. The van der Waals surface area contributed by atoms with Gasteiger partial charge in [0.25, 0.3) is 5.91 Å². The van der Waals surface area contributed by atoms with Crippen LogP contribution in [0.4, 0.5) is 5.69 Å². The van der Waals surface area contributed by atoms with Gasteiger partial charge in [-0.3, -0.25) is 14.5 Å². The minimum absolute atomic E-state index is 0.00392. The highest BCUT2D eigenvalue weighted by molar-refractivity contribution is 7.80. The van der Waals surface area contributed by atoms with Gasteiger partial charge in [-0.2, -0.15) is 0 Å². The van der Waals surface area contributed by atoms with Gasteiger partial charge >= 0.3 is 0 Å². The van der Waals surface area contributed by atoms with Crippen molar-refractivity contribution >= 4 is 34.8 Å². The number of furan rings is 1. The molecule has 136 valence electrons. The number of thiocarbonyl (C=S) groups is 1. The number of rotatable bonds is 6. The van der Waals surface area contributed by atoms with Gasteiger partial charge in [0.05, 0.1) is 26.3 Å². The third-order valence-corrected chi connectivity index (χ3v) is 4.69. The minimum atomic E-state index is -0.657. The Kier molecular flexibility index (Phi) is 5.22. The highest BCUT2D eigenvalue weighted by atomic mass is 32.1. The van der Waals surface area contributed by atoms with Crippen molar-refractivity contribution < 1.29 is 18.7 Å². The van der Waals surface area contributed by atoms with Crippen molar-refractivity contribution in [2.75, 3.05) is 19.5 Å². The highest BCUT2D eigenvalue weighted by Crippen LogP contribution is 2.23. The zero-order chi connectivity index (χ0) is 18.7. The summed E-state index contributed by atoms with van der Waals surface area (Å²) in [4.78, 5) is 28.0. The van der Waals surface area contributed by atoms with E-state index in [-0.39, 0.29) is 18.2 Å². The topological polar surface area (TPSA) is 75.0 Å². The lowest BCUT2D eigenvalue weighted by Gasteiger charge is -2.22. The second-order valence-electron chi connectivity index (χ2n) is 5.88. The van der Waals surface area contributed by atoms with Crippen LogP contribution in [0.3, 0.4) is 0 Å². The van der Waals surface area contributed by atoms with E-state index in [1.807, 2.05) is 0 Å². The van der Waals surface area contributed by atoms with Crippen LogP contribution in [-0.4, -0.2) is 46.9 Å². The molecule has 2 amide bonds. The van der Waals surface area contributed by atoms with Crippen LogP contribution in [0.25, 0.3) is 0 Å². The first-order chi connectivity index (χ1) is 12.5. The number of carbonyl (C=O) groups excluding carboxylic acids is 2. The van der Waals surface area contributed by atoms with Crippen molar-refractivity contribution in [1.82, 2.24) is 9.80 Å². The molecule has 0 aliphatic carbocycles. The van der Waals surface area contributed by atoms with Crippen molar-refractivity contribution in [2.24, 2.45) is 0 Å². The summed E-state index contributed by atoms with van der Waals surface area (Å²) in [6, 6.07) is 9.90. The number of methoxy groups -OCH3 is 1. The lowest BCUT2D eigenvalue weighted by Crippen LogP contribution is -2.37. The molecular formula is C18H19N3O4S. The summed E-state index contributed by atoms with van der Waals surface area (Å²) in [6.07, 6.45) is 1.56. The maximum absolute atomic E-state index is 12.5.